The molecule has 2 aromatic heterocycles. The number of thiocarbonyl (C=S) groups is 1. The van der Waals surface area contributed by atoms with Gasteiger partial charge in [0.15, 0.2) is 16.7 Å². The minimum Gasteiger partial charge on any atom is -0.316 e. The number of aromatic nitrogens is 4. The molecule has 2 heterocycles. The fraction of sp³-hybridized carbons (Fsp3) is 0.0952. The average molecular weight is 536 g/mol. The third-order valence-electron chi connectivity index (χ3n) is 4.36. The normalized spacial score (nSPS) is 10.8. The number of nitrogens with zero attached hydrogens (tertiary/aromatic N) is 4. The van der Waals surface area contributed by atoms with Crippen LogP contribution in [-0.2, 0) is 13.1 Å². The molecule has 4 rings (SSSR count). The Morgan fingerprint density at radius 1 is 0.968 bits per heavy atom. The molecule has 4 aromatic rings. The van der Waals surface area contributed by atoms with Gasteiger partial charge in [-0.05, 0) is 57.5 Å². The second-order valence-corrected chi connectivity index (χ2v) is 8.83. The number of halogens is 3. The maximum Gasteiger partial charge on any atom is 0.177 e. The number of hydrogen-bond acceptors (Lipinski definition) is 3. The van der Waals surface area contributed by atoms with E-state index in [1.54, 1.807) is 4.68 Å². The van der Waals surface area contributed by atoms with Gasteiger partial charge in [-0.3, -0.25) is 9.36 Å². The summed E-state index contributed by atoms with van der Waals surface area (Å²) in [6.07, 6.45) is 3.74. The molecular formula is C21H17BrCl2N6S. The van der Waals surface area contributed by atoms with Gasteiger partial charge < -0.3 is 10.6 Å². The van der Waals surface area contributed by atoms with Crippen LogP contribution in [0.15, 0.2) is 71.5 Å². The third-order valence-corrected chi connectivity index (χ3v) is 5.74. The van der Waals surface area contributed by atoms with E-state index in [2.05, 4.69) is 36.8 Å². The van der Waals surface area contributed by atoms with Crippen LogP contribution in [0.1, 0.15) is 11.1 Å². The molecule has 0 radical (unpaired) electrons. The van der Waals surface area contributed by atoms with E-state index in [-0.39, 0.29) is 0 Å². The van der Waals surface area contributed by atoms with Gasteiger partial charge in [0, 0.05) is 28.5 Å². The number of hydrogen-bond donors (Lipinski definition) is 2. The van der Waals surface area contributed by atoms with Crippen LogP contribution in [-0.4, -0.2) is 24.7 Å². The second-order valence-electron chi connectivity index (χ2n) is 6.72. The van der Waals surface area contributed by atoms with E-state index in [1.165, 1.54) is 0 Å². The van der Waals surface area contributed by atoms with Crippen molar-refractivity contribution in [1.82, 2.24) is 19.6 Å². The molecule has 0 saturated heterocycles. The highest BCUT2D eigenvalue weighted by Gasteiger charge is 2.11. The van der Waals surface area contributed by atoms with Crippen LogP contribution in [0.4, 0.5) is 11.6 Å². The monoisotopic (exact) mass is 534 g/mol. The van der Waals surface area contributed by atoms with Gasteiger partial charge in [-0.2, -0.15) is 10.2 Å². The zero-order chi connectivity index (χ0) is 21.8. The Morgan fingerprint density at radius 2 is 1.81 bits per heavy atom. The summed E-state index contributed by atoms with van der Waals surface area (Å²) in [5.74, 6) is 1.23. The van der Waals surface area contributed by atoms with Gasteiger partial charge in [-0.15, -0.1) is 0 Å². The van der Waals surface area contributed by atoms with E-state index >= 15 is 0 Å². The summed E-state index contributed by atoms with van der Waals surface area (Å²) in [4.78, 5) is 0. The number of benzene rings is 2. The van der Waals surface area contributed by atoms with Crippen molar-refractivity contribution in [3.8, 4) is 0 Å². The SMILES string of the molecule is S=C(Nc1ccn(Cc2cccc(Cl)c2)n1)Nc1nn(Cc2ccccc2Cl)cc1Br. The largest absolute Gasteiger partial charge is 0.316 e. The Kier molecular flexibility index (Phi) is 6.92. The minimum atomic E-state index is 0.386. The first-order valence-electron chi connectivity index (χ1n) is 9.28. The summed E-state index contributed by atoms with van der Waals surface area (Å²) in [5.41, 5.74) is 2.05. The van der Waals surface area contributed by atoms with Crippen molar-refractivity contribution < 1.29 is 0 Å². The van der Waals surface area contributed by atoms with E-state index in [1.807, 2.05) is 71.7 Å². The van der Waals surface area contributed by atoms with Crippen molar-refractivity contribution in [3.63, 3.8) is 0 Å². The smallest absolute Gasteiger partial charge is 0.177 e. The lowest BCUT2D eigenvalue weighted by molar-refractivity contribution is 0.689. The molecule has 6 nitrogen and oxygen atoms in total. The predicted octanol–water partition coefficient (Wildman–Crippen LogP) is 6.05. The van der Waals surface area contributed by atoms with Crippen molar-refractivity contribution >= 4 is 68.1 Å². The summed E-state index contributed by atoms with van der Waals surface area (Å²) in [7, 11) is 0. The number of anilines is 2. The van der Waals surface area contributed by atoms with Crippen LogP contribution in [0.5, 0.6) is 0 Å². The molecule has 0 aliphatic carbocycles. The Bertz CT molecular complexity index is 1220. The number of rotatable bonds is 6. The van der Waals surface area contributed by atoms with Gasteiger partial charge >= 0.3 is 0 Å². The molecule has 0 aliphatic rings. The van der Waals surface area contributed by atoms with Crippen LogP contribution >= 0.6 is 51.3 Å². The first-order valence-corrected chi connectivity index (χ1v) is 11.2. The zero-order valence-electron chi connectivity index (χ0n) is 16.1. The molecule has 0 aliphatic heterocycles. The first-order chi connectivity index (χ1) is 15.0. The van der Waals surface area contributed by atoms with E-state index in [4.69, 9.17) is 35.4 Å². The Balaban J connectivity index is 1.36. The molecule has 2 N–H and O–H groups in total. The second kappa shape index (κ2) is 9.82. The van der Waals surface area contributed by atoms with Crippen LogP contribution in [0.3, 0.4) is 0 Å². The van der Waals surface area contributed by atoms with Crippen LogP contribution in [0.25, 0.3) is 0 Å². The van der Waals surface area contributed by atoms with Gasteiger partial charge in [0.2, 0.25) is 0 Å². The van der Waals surface area contributed by atoms with E-state index < -0.39 is 0 Å². The molecule has 0 spiro atoms. The molecule has 2 aromatic carbocycles. The van der Waals surface area contributed by atoms with Gasteiger partial charge in [0.25, 0.3) is 0 Å². The lowest BCUT2D eigenvalue weighted by Crippen LogP contribution is -2.20. The highest BCUT2D eigenvalue weighted by Crippen LogP contribution is 2.23. The summed E-state index contributed by atoms with van der Waals surface area (Å²) in [6, 6.07) is 17.2. The van der Waals surface area contributed by atoms with Crippen molar-refractivity contribution in [2.75, 3.05) is 10.6 Å². The van der Waals surface area contributed by atoms with Gasteiger partial charge in [0.1, 0.15) is 0 Å². The first kappa shape index (κ1) is 21.8. The summed E-state index contributed by atoms with van der Waals surface area (Å²) < 4.78 is 4.39. The summed E-state index contributed by atoms with van der Waals surface area (Å²) in [6.45, 7) is 1.16. The Morgan fingerprint density at radius 3 is 2.61 bits per heavy atom. The molecule has 0 atom stereocenters. The van der Waals surface area contributed by atoms with E-state index in [0.29, 0.717) is 39.9 Å². The summed E-state index contributed by atoms with van der Waals surface area (Å²) in [5, 5.41) is 17.0. The molecule has 0 amide bonds. The number of nitrogens with one attached hydrogen (secondary N) is 2. The quantitative estimate of drug-likeness (QED) is 0.294. The fourth-order valence-corrected chi connectivity index (χ4v) is 3.98. The van der Waals surface area contributed by atoms with Crippen LogP contribution in [0, 0.1) is 0 Å². The van der Waals surface area contributed by atoms with E-state index in [0.717, 1.165) is 15.6 Å². The topological polar surface area (TPSA) is 59.7 Å². The molecule has 0 saturated carbocycles. The van der Waals surface area contributed by atoms with Crippen LogP contribution < -0.4 is 10.6 Å². The Hall–Kier alpha value is -2.39. The van der Waals surface area contributed by atoms with Crippen LogP contribution in [0.2, 0.25) is 10.0 Å². The van der Waals surface area contributed by atoms with E-state index in [9.17, 15) is 0 Å². The predicted molar refractivity (Wildman–Crippen MR) is 133 cm³/mol. The minimum absolute atomic E-state index is 0.386. The third kappa shape index (κ3) is 5.86. The van der Waals surface area contributed by atoms with Crippen molar-refractivity contribution in [2.24, 2.45) is 0 Å². The lowest BCUT2D eigenvalue weighted by atomic mass is 10.2. The molecule has 0 unspecified atom stereocenters. The van der Waals surface area contributed by atoms with Crippen molar-refractivity contribution in [1.29, 1.82) is 0 Å². The summed E-state index contributed by atoms with van der Waals surface area (Å²) >= 11 is 21.2. The molecule has 10 heteroatoms. The van der Waals surface area contributed by atoms with Gasteiger partial charge in [-0.25, -0.2) is 0 Å². The van der Waals surface area contributed by atoms with Gasteiger partial charge in [0.05, 0.1) is 17.6 Å². The standard InChI is InChI=1S/C21H17BrCl2N6S/c22-17-13-30(12-15-5-1-2-7-18(15)24)28-20(17)26-21(31)25-19-8-9-29(27-19)11-14-4-3-6-16(23)10-14/h1-10,13H,11-12H2,(H2,25,26,27,28,31). The Labute approximate surface area is 203 Å². The highest BCUT2D eigenvalue weighted by molar-refractivity contribution is 9.10. The maximum atomic E-state index is 6.24. The van der Waals surface area contributed by atoms with Crippen molar-refractivity contribution in [2.45, 2.75) is 13.1 Å². The van der Waals surface area contributed by atoms with Gasteiger partial charge in [-0.1, -0.05) is 53.5 Å². The molecule has 0 fully saturated rings. The average Bonchev–Trinajstić information content (AvgIpc) is 3.29. The fourth-order valence-electron chi connectivity index (χ4n) is 2.96. The maximum absolute atomic E-state index is 6.24. The highest BCUT2D eigenvalue weighted by atomic mass is 79.9. The molecule has 0 bridgehead atoms. The molecule has 31 heavy (non-hydrogen) atoms. The molecule has 158 valence electrons. The molecular weight excluding hydrogens is 519 g/mol. The van der Waals surface area contributed by atoms with Crippen molar-refractivity contribution in [3.05, 3.63) is 92.6 Å². The zero-order valence-corrected chi connectivity index (χ0v) is 20.0. The lowest BCUT2D eigenvalue weighted by Gasteiger charge is -2.07.